The molecule has 0 amide bonds. The van der Waals surface area contributed by atoms with Crippen LogP contribution in [0.5, 0.6) is 0 Å². The second kappa shape index (κ2) is 4.12. The van der Waals surface area contributed by atoms with Crippen LogP contribution in [-0.4, -0.2) is 13.1 Å². The smallest absolute Gasteiger partial charge is 0.00886 e. The molecule has 0 unspecified atom stereocenters. The first-order valence-electron chi connectivity index (χ1n) is 4.55. The third kappa shape index (κ3) is 2.04. The van der Waals surface area contributed by atoms with Gasteiger partial charge >= 0.3 is 0 Å². The van der Waals surface area contributed by atoms with E-state index in [1.54, 1.807) is 0 Å². The van der Waals surface area contributed by atoms with Crippen molar-refractivity contribution in [2.45, 2.75) is 19.8 Å². The van der Waals surface area contributed by atoms with Gasteiger partial charge in [0.05, 0.1) is 0 Å². The van der Waals surface area contributed by atoms with Gasteiger partial charge in [-0.05, 0) is 30.5 Å². The molecule has 1 saturated heterocycles. The molecule has 1 N–H and O–H groups in total. The summed E-state index contributed by atoms with van der Waals surface area (Å²) in [5, 5.41) is 3.29. The van der Waals surface area contributed by atoms with E-state index < -0.39 is 0 Å². The Morgan fingerprint density at radius 3 is 2.31 bits per heavy atom. The van der Waals surface area contributed by atoms with Crippen molar-refractivity contribution in [3.05, 3.63) is 34.9 Å². The molecule has 0 spiro atoms. The quantitative estimate of drug-likeness (QED) is 0.729. The van der Waals surface area contributed by atoms with Gasteiger partial charge in [-0.25, -0.2) is 0 Å². The summed E-state index contributed by atoms with van der Waals surface area (Å²) in [6.07, 6.45) is 0. The lowest BCUT2D eigenvalue weighted by Crippen LogP contribution is -2.39. The van der Waals surface area contributed by atoms with Crippen LogP contribution in [0, 0.1) is 13.8 Å². The van der Waals surface area contributed by atoms with Crippen molar-refractivity contribution in [3.8, 4) is 0 Å². The second-order valence-electron chi connectivity index (χ2n) is 3.70. The minimum atomic E-state index is 0. The monoisotopic (exact) mass is 197 g/mol. The molecule has 0 aliphatic carbocycles. The van der Waals surface area contributed by atoms with Gasteiger partial charge in [0.25, 0.3) is 0 Å². The van der Waals surface area contributed by atoms with Crippen molar-refractivity contribution in [1.82, 2.24) is 5.32 Å². The summed E-state index contributed by atoms with van der Waals surface area (Å²) in [4.78, 5) is 0. The van der Waals surface area contributed by atoms with Crippen LogP contribution in [-0.2, 0) is 0 Å². The Balaban J connectivity index is 0.000000845. The first-order chi connectivity index (χ1) is 5.77. The van der Waals surface area contributed by atoms with Crippen molar-refractivity contribution < 1.29 is 0 Å². The predicted octanol–water partition coefficient (Wildman–Crippen LogP) is 2.41. The van der Waals surface area contributed by atoms with Crippen molar-refractivity contribution in [2.24, 2.45) is 0 Å². The standard InChI is InChI=1S/C11H15N.ClH/c1-8-3-4-10(5-9(8)2)11-6-12-7-11;/h3-5,11-12H,6-7H2,1-2H3;1H. The highest BCUT2D eigenvalue weighted by atomic mass is 35.5. The lowest BCUT2D eigenvalue weighted by molar-refractivity contribution is 0.448. The van der Waals surface area contributed by atoms with Crippen LogP contribution in [0.25, 0.3) is 0 Å². The summed E-state index contributed by atoms with van der Waals surface area (Å²) in [7, 11) is 0. The zero-order valence-corrected chi connectivity index (χ0v) is 8.95. The highest BCUT2D eigenvalue weighted by Crippen LogP contribution is 2.21. The molecule has 1 aromatic rings. The van der Waals surface area contributed by atoms with Crippen molar-refractivity contribution >= 4 is 12.4 Å². The summed E-state index contributed by atoms with van der Waals surface area (Å²) < 4.78 is 0. The Kier molecular flexibility index (Phi) is 3.34. The maximum Gasteiger partial charge on any atom is 0.00886 e. The maximum absolute atomic E-state index is 3.29. The number of hydrogen-bond donors (Lipinski definition) is 1. The van der Waals surface area contributed by atoms with Gasteiger partial charge in [-0.3, -0.25) is 0 Å². The average Bonchev–Trinajstić information content (AvgIpc) is 1.93. The number of hydrogen-bond acceptors (Lipinski definition) is 1. The molecule has 1 aliphatic heterocycles. The molecular weight excluding hydrogens is 182 g/mol. The zero-order chi connectivity index (χ0) is 8.55. The van der Waals surface area contributed by atoms with Crippen LogP contribution in [0.4, 0.5) is 0 Å². The molecule has 0 saturated carbocycles. The van der Waals surface area contributed by atoms with Gasteiger partial charge in [0.1, 0.15) is 0 Å². The molecule has 0 atom stereocenters. The Bertz CT molecular complexity index is 292. The molecule has 2 heteroatoms. The average molecular weight is 198 g/mol. The number of rotatable bonds is 1. The maximum atomic E-state index is 3.29. The summed E-state index contributed by atoms with van der Waals surface area (Å²) in [5.74, 6) is 0.768. The second-order valence-corrected chi connectivity index (χ2v) is 3.70. The number of halogens is 1. The molecule has 1 aromatic carbocycles. The van der Waals surface area contributed by atoms with Crippen LogP contribution >= 0.6 is 12.4 Å². The van der Waals surface area contributed by atoms with E-state index in [4.69, 9.17) is 0 Å². The zero-order valence-electron chi connectivity index (χ0n) is 8.13. The fraction of sp³-hybridized carbons (Fsp3) is 0.455. The van der Waals surface area contributed by atoms with E-state index >= 15 is 0 Å². The molecule has 0 radical (unpaired) electrons. The molecule has 1 aliphatic rings. The SMILES string of the molecule is Cc1ccc(C2CNC2)cc1C.Cl. The van der Waals surface area contributed by atoms with E-state index in [1.165, 1.54) is 16.7 Å². The number of benzene rings is 1. The normalized spacial score (nSPS) is 16.2. The molecular formula is C11H16ClN. The van der Waals surface area contributed by atoms with E-state index in [1.807, 2.05) is 0 Å². The molecule has 1 nitrogen and oxygen atoms in total. The van der Waals surface area contributed by atoms with E-state index in [0.717, 1.165) is 19.0 Å². The third-order valence-corrected chi connectivity index (χ3v) is 2.78. The van der Waals surface area contributed by atoms with Gasteiger partial charge in [-0.15, -0.1) is 12.4 Å². The molecule has 1 heterocycles. The van der Waals surface area contributed by atoms with Gasteiger partial charge in [0.15, 0.2) is 0 Å². The van der Waals surface area contributed by atoms with Gasteiger partial charge < -0.3 is 5.32 Å². The van der Waals surface area contributed by atoms with E-state index in [-0.39, 0.29) is 12.4 Å². The Morgan fingerprint density at radius 1 is 1.15 bits per heavy atom. The van der Waals surface area contributed by atoms with Crippen LogP contribution in [0.1, 0.15) is 22.6 Å². The predicted molar refractivity (Wildman–Crippen MR) is 58.8 cm³/mol. The summed E-state index contributed by atoms with van der Waals surface area (Å²) in [5.41, 5.74) is 4.31. The Hall–Kier alpha value is -0.530. The first kappa shape index (κ1) is 10.6. The van der Waals surface area contributed by atoms with E-state index in [2.05, 4.69) is 37.4 Å². The molecule has 2 rings (SSSR count). The Labute approximate surface area is 86.0 Å². The molecule has 0 aromatic heterocycles. The van der Waals surface area contributed by atoms with E-state index in [0.29, 0.717) is 0 Å². The first-order valence-corrected chi connectivity index (χ1v) is 4.55. The highest BCUT2D eigenvalue weighted by molar-refractivity contribution is 5.85. The van der Waals surface area contributed by atoms with Gasteiger partial charge in [0, 0.05) is 19.0 Å². The summed E-state index contributed by atoms with van der Waals surface area (Å²) in [6.45, 7) is 6.66. The minimum Gasteiger partial charge on any atom is -0.315 e. The van der Waals surface area contributed by atoms with Crippen molar-refractivity contribution in [1.29, 1.82) is 0 Å². The molecule has 0 bridgehead atoms. The van der Waals surface area contributed by atoms with Crippen LogP contribution in [0.2, 0.25) is 0 Å². The van der Waals surface area contributed by atoms with Crippen LogP contribution in [0.15, 0.2) is 18.2 Å². The lowest BCUT2D eigenvalue weighted by Gasteiger charge is -2.27. The molecule has 72 valence electrons. The van der Waals surface area contributed by atoms with Gasteiger partial charge in [-0.2, -0.15) is 0 Å². The minimum absolute atomic E-state index is 0. The van der Waals surface area contributed by atoms with Gasteiger partial charge in [0.2, 0.25) is 0 Å². The molecule has 13 heavy (non-hydrogen) atoms. The van der Waals surface area contributed by atoms with Crippen molar-refractivity contribution in [2.75, 3.05) is 13.1 Å². The number of aryl methyl sites for hydroxylation is 2. The highest BCUT2D eigenvalue weighted by Gasteiger charge is 2.18. The molecule has 1 fully saturated rings. The fourth-order valence-electron chi connectivity index (χ4n) is 1.54. The summed E-state index contributed by atoms with van der Waals surface area (Å²) in [6, 6.07) is 6.80. The number of nitrogens with one attached hydrogen (secondary N) is 1. The third-order valence-electron chi connectivity index (χ3n) is 2.78. The largest absolute Gasteiger partial charge is 0.315 e. The topological polar surface area (TPSA) is 12.0 Å². The van der Waals surface area contributed by atoms with Crippen LogP contribution < -0.4 is 5.32 Å². The van der Waals surface area contributed by atoms with Gasteiger partial charge in [-0.1, -0.05) is 18.2 Å². The fourth-order valence-corrected chi connectivity index (χ4v) is 1.54. The Morgan fingerprint density at radius 2 is 1.85 bits per heavy atom. The summed E-state index contributed by atoms with van der Waals surface area (Å²) >= 11 is 0. The van der Waals surface area contributed by atoms with Crippen LogP contribution in [0.3, 0.4) is 0 Å². The lowest BCUT2D eigenvalue weighted by atomic mass is 9.91. The van der Waals surface area contributed by atoms with E-state index in [9.17, 15) is 0 Å². The van der Waals surface area contributed by atoms with Crippen molar-refractivity contribution in [3.63, 3.8) is 0 Å².